The monoisotopic (exact) mass is 639 g/mol. The largest absolute Gasteiger partial charge is 0.465 e. The van der Waals surface area contributed by atoms with E-state index in [4.69, 9.17) is 14.5 Å². The molecule has 0 fully saturated rings. The Labute approximate surface area is 270 Å². The molecule has 2 aromatic carbocycles. The number of esters is 1. The maximum absolute atomic E-state index is 15.8. The molecule has 1 N–H and O–H groups in total. The molecule has 1 unspecified atom stereocenters. The maximum Gasteiger partial charge on any atom is 0.339 e. The Hall–Kier alpha value is -3.66. The topological polar surface area (TPSA) is 99.5 Å². The van der Waals surface area contributed by atoms with Crippen molar-refractivity contribution in [3.8, 4) is 17.1 Å². The van der Waals surface area contributed by atoms with Crippen LogP contribution in [0.5, 0.6) is 6.01 Å². The van der Waals surface area contributed by atoms with Gasteiger partial charge in [0.25, 0.3) is 6.01 Å². The van der Waals surface area contributed by atoms with Crippen LogP contribution in [0.4, 0.5) is 4.39 Å². The Morgan fingerprint density at radius 3 is 2.38 bits per heavy atom. The fraction of sp³-hybridized carbons (Fsp3) is 0.486. The van der Waals surface area contributed by atoms with E-state index in [0.29, 0.717) is 36.6 Å². The number of nitrogens with one attached hydrogen (secondary N) is 1. The molecule has 8 nitrogen and oxygen atoms in total. The Bertz CT molecular complexity index is 1490. The minimum absolute atomic E-state index is 0.107. The second-order valence-electron chi connectivity index (χ2n) is 12.4. The Balaban J connectivity index is 1.95. The highest BCUT2D eigenvalue weighted by molar-refractivity contribution is 8.14. The summed E-state index contributed by atoms with van der Waals surface area (Å²) in [5.41, 5.74) is 2.51. The van der Waals surface area contributed by atoms with E-state index in [9.17, 15) is 14.4 Å². The number of hydrogen-bond donors (Lipinski definition) is 1. The standard InChI is InChI=1S/C35H46FN3O5S/c1-9-17-43-34-38-29(10-2)30(20-37-32(41)31(18-22(3)4)45-23(5)40)39(34)21-24-15-16-26(28(36)19-24)25-13-11-12-14-27(25)33(42)44-35(6,7)8/h11-16,19,22,31H,9-10,17-18,20-21H2,1-8H3,(H,37,41). The van der Waals surface area contributed by atoms with Crippen LogP contribution in [-0.4, -0.2) is 44.0 Å². The Morgan fingerprint density at radius 2 is 1.78 bits per heavy atom. The number of nitrogens with zero attached hydrogens (tertiary/aromatic N) is 2. The quantitative estimate of drug-likeness (QED) is 0.184. The van der Waals surface area contributed by atoms with E-state index < -0.39 is 22.6 Å². The van der Waals surface area contributed by atoms with Crippen molar-refractivity contribution in [1.82, 2.24) is 14.9 Å². The van der Waals surface area contributed by atoms with Crippen molar-refractivity contribution in [3.63, 3.8) is 0 Å². The number of imidazole rings is 1. The highest BCUT2D eigenvalue weighted by Crippen LogP contribution is 2.30. The number of rotatable bonds is 14. The molecule has 0 saturated carbocycles. The number of aromatic nitrogens is 2. The van der Waals surface area contributed by atoms with Crippen LogP contribution in [-0.2, 0) is 33.8 Å². The number of ether oxygens (including phenoxy) is 2. The zero-order chi connectivity index (χ0) is 33.3. The van der Waals surface area contributed by atoms with Crippen LogP contribution in [0.3, 0.4) is 0 Å². The first-order chi connectivity index (χ1) is 21.2. The average molecular weight is 640 g/mol. The number of amides is 1. The van der Waals surface area contributed by atoms with Gasteiger partial charge in [0.2, 0.25) is 5.91 Å². The molecule has 0 aliphatic carbocycles. The van der Waals surface area contributed by atoms with Gasteiger partial charge in [-0.3, -0.25) is 14.2 Å². The molecule has 0 bridgehead atoms. The second kappa shape index (κ2) is 16.1. The lowest BCUT2D eigenvalue weighted by Gasteiger charge is -2.21. The minimum Gasteiger partial charge on any atom is -0.465 e. The molecule has 1 heterocycles. The second-order valence-corrected chi connectivity index (χ2v) is 13.8. The van der Waals surface area contributed by atoms with Crippen molar-refractivity contribution >= 4 is 28.8 Å². The molecule has 3 rings (SSSR count). The smallest absolute Gasteiger partial charge is 0.339 e. The number of carbonyl (C=O) groups excluding carboxylic acids is 3. The lowest BCUT2D eigenvalue weighted by atomic mass is 9.97. The molecule has 3 aromatic rings. The summed E-state index contributed by atoms with van der Waals surface area (Å²) in [6.45, 7) is 15.7. The lowest BCUT2D eigenvalue weighted by molar-refractivity contribution is -0.121. The molecule has 0 spiro atoms. The first kappa shape index (κ1) is 35.8. The summed E-state index contributed by atoms with van der Waals surface area (Å²) >= 11 is 1.04. The van der Waals surface area contributed by atoms with Gasteiger partial charge >= 0.3 is 5.97 Å². The number of halogens is 1. The number of benzene rings is 2. The van der Waals surface area contributed by atoms with Crippen LogP contribution in [0, 0.1) is 11.7 Å². The fourth-order valence-corrected chi connectivity index (χ4v) is 5.94. The molecule has 0 saturated heterocycles. The van der Waals surface area contributed by atoms with Gasteiger partial charge in [-0.25, -0.2) is 9.18 Å². The lowest BCUT2D eigenvalue weighted by Crippen LogP contribution is -2.34. The molecule has 0 radical (unpaired) electrons. The molecule has 45 heavy (non-hydrogen) atoms. The van der Waals surface area contributed by atoms with Gasteiger partial charge in [0, 0.05) is 12.5 Å². The summed E-state index contributed by atoms with van der Waals surface area (Å²) in [6, 6.07) is 12.1. The van der Waals surface area contributed by atoms with Gasteiger partial charge in [0.15, 0.2) is 5.12 Å². The summed E-state index contributed by atoms with van der Waals surface area (Å²) in [4.78, 5) is 42.6. The highest BCUT2D eigenvalue weighted by Gasteiger charge is 2.25. The summed E-state index contributed by atoms with van der Waals surface area (Å²) in [6.07, 6.45) is 1.95. The summed E-state index contributed by atoms with van der Waals surface area (Å²) in [7, 11) is 0. The number of thioether (sulfide) groups is 1. The van der Waals surface area contributed by atoms with E-state index in [0.717, 1.165) is 29.6 Å². The van der Waals surface area contributed by atoms with E-state index in [1.807, 2.05) is 38.3 Å². The fourth-order valence-electron chi connectivity index (χ4n) is 4.87. The Kier molecular flexibility index (Phi) is 12.8. The maximum atomic E-state index is 15.8. The normalized spacial score (nSPS) is 12.2. The van der Waals surface area contributed by atoms with Crippen LogP contribution < -0.4 is 10.1 Å². The van der Waals surface area contributed by atoms with Crippen LogP contribution >= 0.6 is 11.8 Å². The molecule has 10 heteroatoms. The highest BCUT2D eigenvalue weighted by atomic mass is 32.2. The first-order valence-electron chi connectivity index (χ1n) is 15.5. The number of carbonyl (C=O) groups is 3. The molecular weight excluding hydrogens is 593 g/mol. The zero-order valence-electron chi connectivity index (χ0n) is 27.7. The van der Waals surface area contributed by atoms with Gasteiger partial charge in [-0.2, -0.15) is 4.98 Å². The van der Waals surface area contributed by atoms with Gasteiger partial charge < -0.3 is 14.8 Å². The predicted octanol–water partition coefficient (Wildman–Crippen LogP) is 7.35. The van der Waals surface area contributed by atoms with E-state index in [2.05, 4.69) is 5.32 Å². The van der Waals surface area contributed by atoms with Crippen molar-refractivity contribution in [2.24, 2.45) is 5.92 Å². The minimum atomic E-state index is -0.689. The van der Waals surface area contributed by atoms with E-state index in [1.54, 1.807) is 51.1 Å². The number of hydrogen-bond acceptors (Lipinski definition) is 7. The van der Waals surface area contributed by atoms with Gasteiger partial charge in [-0.15, -0.1) is 0 Å². The van der Waals surface area contributed by atoms with Gasteiger partial charge in [-0.05, 0) is 69.2 Å². The van der Waals surface area contributed by atoms with Crippen LogP contribution in [0.25, 0.3) is 11.1 Å². The molecule has 1 atom stereocenters. The molecular formula is C35H46FN3O5S. The van der Waals surface area contributed by atoms with Crippen molar-refractivity contribution in [2.75, 3.05) is 6.61 Å². The third-order valence-electron chi connectivity index (χ3n) is 6.82. The zero-order valence-corrected chi connectivity index (χ0v) is 28.5. The van der Waals surface area contributed by atoms with Crippen molar-refractivity contribution in [2.45, 2.75) is 98.6 Å². The van der Waals surface area contributed by atoms with Crippen LogP contribution in [0.2, 0.25) is 0 Å². The SMILES string of the molecule is CCCOc1nc(CC)c(CNC(=O)C(CC(C)C)SC(C)=O)n1Cc1ccc(-c2ccccc2C(=O)OC(C)(C)C)c(F)c1. The van der Waals surface area contributed by atoms with Gasteiger partial charge in [0.1, 0.15) is 11.4 Å². The molecule has 244 valence electrons. The van der Waals surface area contributed by atoms with Gasteiger partial charge in [-0.1, -0.05) is 69.8 Å². The van der Waals surface area contributed by atoms with Crippen LogP contribution in [0.1, 0.15) is 95.5 Å². The Morgan fingerprint density at radius 1 is 1.07 bits per heavy atom. The van der Waals surface area contributed by atoms with E-state index in [-0.39, 0.29) is 41.2 Å². The van der Waals surface area contributed by atoms with E-state index >= 15 is 4.39 Å². The van der Waals surface area contributed by atoms with Gasteiger partial charge in [0.05, 0.1) is 41.9 Å². The predicted molar refractivity (Wildman–Crippen MR) is 177 cm³/mol. The summed E-state index contributed by atoms with van der Waals surface area (Å²) in [5.74, 6) is -0.974. The third kappa shape index (κ3) is 10.2. The third-order valence-corrected chi connectivity index (χ3v) is 7.84. The van der Waals surface area contributed by atoms with Crippen molar-refractivity contribution < 1.29 is 28.2 Å². The van der Waals surface area contributed by atoms with Crippen molar-refractivity contribution in [1.29, 1.82) is 0 Å². The molecule has 0 aliphatic rings. The average Bonchev–Trinajstić information content (AvgIpc) is 3.28. The molecule has 1 amide bonds. The number of aryl methyl sites for hydroxylation is 1. The first-order valence-corrected chi connectivity index (χ1v) is 16.4. The van der Waals surface area contributed by atoms with E-state index in [1.165, 1.54) is 13.0 Å². The molecule has 1 aromatic heterocycles. The van der Waals surface area contributed by atoms with Crippen LogP contribution in [0.15, 0.2) is 42.5 Å². The summed E-state index contributed by atoms with van der Waals surface area (Å²) in [5, 5.41) is 2.41. The summed E-state index contributed by atoms with van der Waals surface area (Å²) < 4.78 is 29.2. The van der Waals surface area contributed by atoms with Crippen molar-refractivity contribution in [3.05, 3.63) is 70.8 Å². The molecule has 0 aliphatic heterocycles.